The van der Waals surface area contributed by atoms with Gasteiger partial charge in [-0.05, 0) is 11.6 Å². The molecule has 2 nitrogen and oxygen atoms in total. The Kier molecular flexibility index (Phi) is 4.17. The molecule has 0 bridgehead atoms. The predicted octanol–water partition coefficient (Wildman–Crippen LogP) is 2.80. The molecule has 2 aromatic carbocycles. The van der Waals surface area contributed by atoms with Crippen LogP contribution in [0.25, 0.3) is 0 Å². The molecule has 0 heterocycles. The first kappa shape index (κ1) is 11.7. The number of aliphatic hydroxyl groups is 1. The number of hydrogen-bond acceptors (Lipinski definition) is 2. The van der Waals surface area contributed by atoms with E-state index in [1.54, 1.807) is 0 Å². The van der Waals surface area contributed by atoms with Crippen molar-refractivity contribution in [2.75, 3.05) is 6.61 Å². The van der Waals surface area contributed by atoms with E-state index in [2.05, 4.69) is 12.1 Å². The maximum Gasteiger partial charge on any atom is 0.124 e. The van der Waals surface area contributed by atoms with Crippen LogP contribution in [0.2, 0.25) is 0 Å². The van der Waals surface area contributed by atoms with Crippen molar-refractivity contribution in [1.29, 1.82) is 0 Å². The third-order valence-electron chi connectivity index (χ3n) is 2.63. The summed E-state index contributed by atoms with van der Waals surface area (Å²) in [5, 5.41) is 9.15. The van der Waals surface area contributed by atoms with Gasteiger partial charge >= 0.3 is 0 Å². The highest BCUT2D eigenvalue weighted by atomic mass is 16.5. The van der Waals surface area contributed by atoms with Gasteiger partial charge in [0.2, 0.25) is 0 Å². The molecule has 0 amide bonds. The normalized spacial score (nSPS) is 10.2. The Hall–Kier alpha value is -1.80. The molecule has 0 spiro atoms. The maximum atomic E-state index is 9.15. The molecule has 17 heavy (non-hydrogen) atoms. The first-order valence-electron chi connectivity index (χ1n) is 5.75. The molecule has 0 radical (unpaired) electrons. The van der Waals surface area contributed by atoms with E-state index < -0.39 is 0 Å². The topological polar surface area (TPSA) is 29.5 Å². The van der Waals surface area contributed by atoms with E-state index in [0.29, 0.717) is 6.61 Å². The van der Waals surface area contributed by atoms with E-state index in [9.17, 15) is 0 Å². The fourth-order valence-electron chi connectivity index (χ4n) is 1.70. The first-order chi connectivity index (χ1) is 8.40. The fourth-order valence-corrected chi connectivity index (χ4v) is 1.70. The van der Waals surface area contributed by atoms with Gasteiger partial charge in [0.15, 0.2) is 0 Å². The lowest BCUT2D eigenvalue weighted by atomic mass is 10.2. The maximum absolute atomic E-state index is 9.15. The van der Waals surface area contributed by atoms with Gasteiger partial charge in [0, 0.05) is 12.0 Å². The summed E-state index contributed by atoms with van der Waals surface area (Å²) in [7, 11) is 0. The lowest BCUT2D eigenvalue weighted by Crippen LogP contribution is -2.03. The highest BCUT2D eigenvalue weighted by Gasteiger charge is 2.01. The molecule has 2 heteroatoms. The minimum atomic E-state index is 0.0154. The van der Waals surface area contributed by atoms with E-state index in [4.69, 9.17) is 9.84 Å². The van der Waals surface area contributed by atoms with Crippen LogP contribution in [0.15, 0.2) is 54.6 Å². The second kappa shape index (κ2) is 6.06. The minimum Gasteiger partial charge on any atom is -0.493 e. The Bertz CT molecular complexity index is 451. The molecule has 0 saturated carbocycles. The number of hydrogen-bond donors (Lipinski definition) is 1. The van der Waals surface area contributed by atoms with Crippen LogP contribution in [0.1, 0.15) is 11.1 Å². The molecule has 0 fully saturated rings. The molecule has 0 aliphatic heterocycles. The number of aliphatic hydroxyl groups excluding tert-OH is 1. The lowest BCUT2D eigenvalue weighted by Gasteiger charge is -2.09. The molecule has 0 aromatic heterocycles. The minimum absolute atomic E-state index is 0.0154. The number of rotatable bonds is 5. The van der Waals surface area contributed by atoms with E-state index in [1.165, 1.54) is 5.56 Å². The summed E-state index contributed by atoms with van der Waals surface area (Å²) in [6.07, 6.45) is 0.876. The Balaban J connectivity index is 1.90. The van der Waals surface area contributed by atoms with Gasteiger partial charge < -0.3 is 9.84 Å². The molecule has 0 atom stereocenters. The smallest absolute Gasteiger partial charge is 0.124 e. The molecule has 0 aliphatic rings. The van der Waals surface area contributed by atoms with Gasteiger partial charge in [0.25, 0.3) is 0 Å². The molecule has 1 N–H and O–H groups in total. The summed E-state index contributed by atoms with van der Waals surface area (Å²) in [6, 6.07) is 17.8. The molecule has 2 aromatic rings. The summed E-state index contributed by atoms with van der Waals surface area (Å²) in [4.78, 5) is 0. The van der Waals surface area contributed by atoms with Crippen molar-refractivity contribution < 1.29 is 9.84 Å². The Labute approximate surface area is 101 Å². The zero-order chi connectivity index (χ0) is 11.9. The molecule has 0 saturated heterocycles. The second-order valence-electron chi connectivity index (χ2n) is 3.85. The van der Waals surface area contributed by atoms with Gasteiger partial charge in [0.05, 0.1) is 13.2 Å². The predicted molar refractivity (Wildman–Crippen MR) is 68.0 cm³/mol. The number of para-hydroxylation sites is 1. The monoisotopic (exact) mass is 228 g/mol. The van der Waals surface area contributed by atoms with Crippen LogP contribution in [-0.2, 0) is 13.0 Å². The van der Waals surface area contributed by atoms with E-state index in [-0.39, 0.29) is 6.61 Å². The molecular formula is C15H16O2. The van der Waals surface area contributed by atoms with E-state index in [0.717, 1.165) is 17.7 Å². The van der Waals surface area contributed by atoms with Crippen molar-refractivity contribution in [1.82, 2.24) is 0 Å². The van der Waals surface area contributed by atoms with Gasteiger partial charge in [-0.2, -0.15) is 0 Å². The van der Waals surface area contributed by atoms with Crippen LogP contribution < -0.4 is 4.74 Å². The summed E-state index contributed by atoms with van der Waals surface area (Å²) in [5.41, 5.74) is 2.09. The third-order valence-corrected chi connectivity index (χ3v) is 2.63. The van der Waals surface area contributed by atoms with Crippen molar-refractivity contribution in [3.05, 3.63) is 65.7 Å². The third kappa shape index (κ3) is 3.33. The van der Waals surface area contributed by atoms with Crippen molar-refractivity contribution in [3.63, 3.8) is 0 Å². The van der Waals surface area contributed by atoms with E-state index >= 15 is 0 Å². The first-order valence-corrected chi connectivity index (χ1v) is 5.75. The largest absolute Gasteiger partial charge is 0.493 e. The summed E-state index contributed by atoms with van der Waals surface area (Å²) < 4.78 is 5.67. The zero-order valence-electron chi connectivity index (χ0n) is 9.67. The second-order valence-corrected chi connectivity index (χ2v) is 3.85. The highest BCUT2D eigenvalue weighted by molar-refractivity contribution is 5.32. The molecule has 2 rings (SSSR count). The average molecular weight is 228 g/mol. The number of benzene rings is 2. The van der Waals surface area contributed by atoms with Crippen LogP contribution in [0.4, 0.5) is 0 Å². The van der Waals surface area contributed by atoms with Gasteiger partial charge in [-0.1, -0.05) is 48.5 Å². The summed E-state index contributed by atoms with van der Waals surface area (Å²) in [6.45, 7) is 0.641. The van der Waals surface area contributed by atoms with Crippen LogP contribution in [0, 0.1) is 0 Å². The van der Waals surface area contributed by atoms with Crippen LogP contribution in [0.5, 0.6) is 5.75 Å². The van der Waals surface area contributed by atoms with Crippen LogP contribution >= 0.6 is 0 Å². The van der Waals surface area contributed by atoms with Gasteiger partial charge in [-0.25, -0.2) is 0 Å². The van der Waals surface area contributed by atoms with E-state index in [1.807, 2.05) is 42.5 Å². The van der Waals surface area contributed by atoms with Crippen LogP contribution in [-0.4, -0.2) is 11.7 Å². The van der Waals surface area contributed by atoms with Gasteiger partial charge in [-0.3, -0.25) is 0 Å². The van der Waals surface area contributed by atoms with Gasteiger partial charge in [0.1, 0.15) is 5.75 Å². The molecule has 88 valence electrons. The average Bonchev–Trinajstić information content (AvgIpc) is 2.40. The Morgan fingerprint density at radius 1 is 0.882 bits per heavy atom. The van der Waals surface area contributed by atoms with Crippen molar-refractivity contribution in [2.45, 2.75) is 13.0 Å². The van der Waals surface area contributed by atoms with Crippen molar-refractivity contribution in [3.8, 4) is 5.75 Å². The molecule has 0 aliphatic carbocycles. The standard InChI is InChI=1S/C15H16O2/c16-12-14-8-4-5-9-15(14)17-11-10-13-6-2-1-3-7-13/h1-9,16H,10-12H2. The Morgan fingerprint density at radius 3 is 2.35 bits per heavy atom. The Morgan fingerprint density at radius 2 is 1.59 bits per heavy atom. The lowest BCUT2D eigenvalue weighted by molar-refractivity contribution is 0.264. The SMILES string of the molecule is OCc1ccccc1OCCc1ccccc1. The molecular weight excluding hydrogens is 212 g/mol. The van der Waals surface area contributed by atoms with Crippen molar-refractivity contribution in [2.24, 2.45) is 0 Å². The van der Waals surface area contributed by atoms with Crippen LogP contribution in [0.3, 0.4) is 0 Å². The van der Waals surface area contributed by atoms with Gasteiger partial charge in [-0.15, -0.1) is 0 Å². The zero-order valence-corrected chi connectivity index (χ0v) is 9.67. The molecule has 0 unspecified atom stereocenters. The quantitative estimate of drug-likeness (QED) is 0.852. The highest BCUT2D eigenvalue weighted by Crippen LogP contribution is 2.17. The number of ether oxygens (including phenoxy) is 1. The van der Waals surface area contributed by atoms with Crippen molar-refractivity contribution >= 4 is 0 Å². The summed E-state index contributed by atoms with van der Waals surface area (Å²) in [5.74, 6) is 0.769. The fraction of sp³-hybridized carbons (Fsp3) is 0.200. The summed E-state index contributed by atoms with van der Waals surface area (Å²) >= 11 is 0.